The van der Waals surface area contributed by atoms with Crippen molar-refractivity contribution in [3.8, 4) is 0 Å². The van der Waals surface area contributed by atoms with Crippen molar-refractivity contribution in [3.05, 3.63) is 74.7 Å². The minimum atomic E-state index is -1.98. The number of piperazine rings is 1. The van der Waals surface area contributed by atoms with Gasteiger partial charge in [0, 0.05) is 74.2 Å². The number of aromatic amines is 1. The molecule has 3 fully saturated rings. The molecule has 94 heavy (non-hydrogen) atoms. The van der Waals surface area contributed by atoms with Crippen molar-refractivity contribution in [1.29, 1.82) is 0 Å². The number of nitrogens with zero attached hydrogens (tertiary/aromatic N) is 7. The van der Waals surface area contributed by atoms with Crippen LogP contribution >= 0.6 is 11.8 Å². The third-order valence-electron chi connectivity index (χ3n) is 16.1. The molecule has 5 aliphatic rings. The molecular formula is C56H67N17O20S. The Labute approximate surface area is 535 Å². The topological polar surface area (TPSA) is 568 Å². The Balaban J connectivity index is 0.819. The number of fused-ring (bicyclic) bond motifs is 5. The lowest BCUT2D eigenvalue weighted by atomic mass is 9.83. The first-order valence-corrected chi connectivity index (χ1v) is 30.0. The predicted molar refractivity (Wildman–Crippen MR) is 323 cm³/mol. The number of Topliss-reactive ketones (excluding diaryl/α,β-unsaturated/α-hetero) is 2. The maximum Gasteiger partial charge on any atom is 0.404 e. The Morgan fingerprint density at radius 3 is 2.19 bits per heavy atom. The predicted octanol–water partition coefficient (Wildman–Crippen LogP) is -4.13. The van der Waals surface area contributed by atoms with E-state index in [2.05, 4.69) is 51.5 Å². The van der Waals surface area contributed by atoms with E-state index < -0.39 is 174 Å². The van der Waals surface area contributed by atoms with Gasteiger partial charge >= 0.3 is 24.0 Å². The Kier molecular flexibility index (Phi) is 21.5. The van der Waals surface area contributed by atoms with E-state index in [9.17, 15) is 82.4 Å². The number of allylic oxidation sites excluding steroid dienone is 2. The number of ketones is 2. The number of nitrogen functional groups attached to an aromatic ring is 1. The average Bonchev–Trinajstić information content (AvgIpc) is 1.49. The second kappa shape index (κ2) is 29.2. The number of carboxylic acids is 3. The number of imide groups is 1. The van der Waals surface area contributed by atoms with Gasteiger partial charge in [0.25, 0.3) is 11.5 Å². The maximum atomic E-state index is 13.8. The average molecular weight is 1330 g/mol. The second-order valence-electron chi connectivity index (χ2n) is 22.1. The number of aliphatic imine (C=N–C) groups is 1. The molecule has 3 aromatic rings. The number of carbonyl (C=O) groups is 13. The first kappa shape index (κ1) is 69.1. The number of nitrogens with two attached hydrogens (primary N) is 4. The lowest BCUT2D eigenvalue weighted by molar-refractivity contribution is -0.153. The van der Waals surface area contributed by atoms with Crippen LogP contribution in [0.4, 0.5) is 16.4 Å². The van der Waals surface area contributed by atoms with Gasteiger partial charge in [-0.1, -0.05) is 0 Å². The van der Waals surface area contributed by atoms with Crippen LogP contribution in [0, 0.1) is 5.92 Å². The summed E-state index contributed by atoms with van der Waals surface area (Å²) < 4.78 is 16.5. The molecule has 9 atom stereocenters. The molecule has 0 bridgehead atoms. The number of carboxylic acid groups (broad SMARTS) is 3. The highest BCUT2D eigenvalue weighted by molar-refractivity contribution is 8.00. The molecule has 8 rings (SSSR count). The molecule has 8 amide bonds. The second-order valence-corrected chi connectivity index (χ2v) is 23.3. The minimum absolute atomic E-state index is 0.00727. The molecule has 3 saturated heterocycles. The summed E-state index contributed by atoms with van der Waals surface area (Å²) in [7, 11) is 2.55. The fourth-order valence-corrected chi connectivity index (χ4v) is 12.9. The molecule has 38 heteroatoms. The van der Waals surface area contributed by atoms with Crippen LogP contribution in [-0.2, 0) is 73.5 Å². The van der Waals surface area contributed by atoms with E-state index in [1.807, 2.05) is 0 Å². The van der Waals surface area contributed by atoms with Crippen molar-refractivity contribution in [2.75, 3.05) is 57.3 Å². The highest BCUT2D eigenvalue weighted by Gasteiger charge is 2.77. The molecule has 1 aromatic carbocycles. The Morgan fingerprint density at radius 2 is 1.54 bits per heavy atom. The van der Waals surface area contributed by atoms with Crippen molar-refractivity contribution in [2.45, 2.75) is 112 Å². The number of carbonyl (C=O) groups excluding carboxylic acids is 10. The third kappa shape index (κ3) is 15.1. The largest absolute Gasteiger partial charge is 0.492 e. The summed E-state index contributed by atoms with van der Waals surface area (Å²) in [5, 5.41) is 40.9. The number of H-pyrrole nitrogens is 1. The number of aliphatic carboxylic acids is 3. The molecule has 17 N–H and O–H groups in total. The smallest absolute Gasteiger partial charge is 0.404 e. The van der Waals surface area contributed by atoms with Gasteiger partial charge in [0.1, 0.15) is 36.8 Å². The fourth-order valence-electron chi connectivity index (χ4n) is 11.7. The number of aromatic nitrogens is 4. The van der Waals surface area contributed by atoms with Gasteiger partial charge in [-0.25, -0.2) is 24.4 Å². The quantitative estimate of drug-likeness (QED) is 0.00705. The standard InChI is InChI=1S/C56H67N17O20S/c1-23-41(79)40-38(42(80)43(23)91-2)27(21-93-55(60)90)56(92-3)44-32(20-72(40)56)73(44)35(75)7-5-15-71-36(76)17-33(50(71)85)94-22-31(52(88)89)68-48(83)30(16-37(77)78)67-47(82)28(6-4-14-61-53(57)58)65-34(74)13-12-29(51(86)87)66-46(81)24-8-10-25(11-9-24)62-18-26-19-63-45-39(64-26)49(84)70-54(59)69-45/h8-11,19,27-33,44,62H,4-7,12-18,20-22H2,1-3H3,(H2,60,90)(H,65,74)(H,66,81)(H,67,82)(H,68,83)(H,77,78)(H,86,87)(H,88,89)(H4,57,58,61)(H3,59,63,69,70,84)/t27-,28+,29+,30+,31?,32+,33?,44+,56-,73?/m0/s1. The van der Waals surface area contributed by atoms with Crippen LogP contribution in [0.25, 0.3) is 11.2 Å². The zero-order valence-corrected chi connectivity index (χ0v) is 51.4. The van der Waals surface area contributed by atoms with Crippen molar-refractivity contribution in [3.63, 3.8) is 0 Å². The summed E-state index contributed by atoms with van der Waals surface area (Å²) in [6, 6.07) is -2.50. The number of anilines is 2. The normalized spacial score (nSPS) is 20.7. The number of hydrogen-bond acceptors (Lipinski definition) is 25. The number of thioether (sulfide) groups is 1. The van der Waals surface area contributed by atoms with E-state index in [0.717, 1.165) is 4.90 Å². The first-order valence-electron chi connectivity index (χ1n) is 29.0. The highest BCUT2D eigenvalue weighted by Crippen LogP contribution is 2.60. The summed E-state index contributed by atoms with van der Waals surface area (Å²) >= 11 is 0.688. The molecule has 2 unspecified atom stereocenters. The van der Waals surface area contributed by atoms with Crippen molar-refractivity contribution in [2.24, 2.45) is 28.1 Å². The highest BCUT2D eigenvalue weighted by atomic mass is 32.2. The van der Waals surface area contributed by atoms with Gasteiger partial charge in [-0.15, -0.1) is 11.8 Å². The molecule has 0 saturated carbocycles. The molecule has 0 spiro atoms. The van der Waals surface area contributed by atoms with E-state index in [1.54, 1.807) is 4.90 Å². The SMILES string of the molecule is COC1=C(C)C(=O)C2=C(C1=O)[C@H](COC(N)=O)[C@]1(OC)[C@H]3[C@@H](CN21)N3C(=O)CCCN1C(=O)CC(SCC(NC(=O)[C@@H](CC(=O)O)NC(=O)[C@@H](CCCN=C(N)N)NC(=O)CC[C@@H](NC(=O)c2ccc(NCc3cnc4nc(N)[nH]c(=O)c4n3)cc2)C(=O)O)C(=O)O)C1=O. The van der Waals surface area contributed by atoms with E-state index in [-0.39, 0.29) is 103 Å². The number of rotatable bonds is 32. The Bertz CT molecular complexity index is 3780. The number of primary amides is 1. The minimum Gasteiger partial charge on any atom is -0.492 e. The lowest BCUT2D eigenvalue weighted by Crippen LogP contribution is -2.56. The zero-order valence-electron chi connectivity index (χ0n) is 50.5. The number of ether oxygens (including phenoxy) is 3. The van der Waals surface area contributed by atoms with Gasteiger partial charge in [0.15, 0.2) is 28.6 Å². The van der Waals surface area contributed by atoms with Crippen LogP contribution in [0.1, 0.15) is 74.3 Å². The number of amides is 8. The van der Waals surface area contributed by atoms with E-state index >= 15 is 0 Å². The number of guanidine groups is 1. The van der Waals surface area contributed by atoms with Crippen LogP contribution in [-0.4, -0.2) is 226 Å². The maximum absolute atomic E-state index is 13.8. The summed E-state index contributed by atoms with van der Waals surface area (Å²) in [4.78, 5) is 206. The molecule has 4 aliphatic heterocycles. The van der Waals surface area contributed by atoms with Crippen LogP contribution in [0.15, 0.2) is 62.9 Å². The summed E-state index contributed by atoms with van der Waals surface area (Å²) in [6.07, 6.45) is -2.86. The monoisotopic (exact) mass is 1330 g/mol. The summed E-state index contributed by atoms with van der Waals surface area (Å²) in [6.45, 7) is 0.792. The Morgan fingerprint density at radius 1 is 0.851 bits per heavy atom. The molecule has 0 radical (unpaired) electrons. The number of likely N-dealkylation sites (tertiary alicyclic amines) is 1. The van der Waals surface area contributed by atoms with Crippen LogP contribution in [0.5, 0.6) is 0 Å². The number of hydrogen-bond donors (Lipinski definition) is 13. The van der Waals surface area contributed by atoms with E-state index in [4.69, 9.17) is 37.1 Å². The van der Waals surface area contributed by atoms with Crippen LogP contribution in [0.2, 0.25) is 0 Å². The van der Waals surface area contributed by atoms with Crippen LogP contribution in [0.3, 0.4) is 0 Å². The van der Waals surface area contributed by atoms with Crippen LogP contribution < -0.4 is 55.1 Å². The fraction of sp³-hybridized carbons (Fsp3) is 0.464. The molecular weight excluding hydrogens is 1260 g/mol. The van der Waals surface area contributed by atoms with Gasteiger partial charge in [-0.2, -0.15) is 4.98 Å². The third-order valence-corrected chi connectivity index (χ3v) is 17.4. The number of benzene rings is 1. The van der Waals surface area contributed by atoms with Gasteiger partial charge in [0.05, 0.1) is 54.9 Å². The van der Waals surface area contributed by atoms with E-state index in [1.165, 1.54) is 56.5 Å². The molecule has 6 heterocycles. The molecule has 1 aliphatic carbocycles. The molecule has 37 nitrogen and oxygen atoms in total. The Hall–Kier alpha value is -10.8. The summed E-state index contributed by atoms with van der Waals surface area (Å²) in [5.41, 5.74) is 20.5. The molecule has 502 valence electrons. The van der Waals surface area contributed by atoms with Crippen molar-refractivity contribution < 1.29 is 91.9 Å². The van der Waals surface area contributed by atoms with Gasteiger partial charge in [0.2, 0.25) is 53.0 Å². The van der Waals surface area contributed by atoms with Gasteiger partial charge in [-0.05, 0) is 56.9 Å². The number of methoxy groups -OCH3 is 2. The lowest BCUT2D eigenvalue weighted by Gasteiger charge is -2.41. The van der Waals surface area contributed by atoms with E-state index in [0.29, 0.717) is 23.1 Å². The summed E-state index contributed by atoms with van der Waals surface area (Å²) in [5.74, 6) is -14.3. The van der Waals surface area contributed by atoms with Gasteiger partial charge < -0.3 is 88.8 Å². The van der Waals surface area contributed by atoms with Crippen molar-refractivity contribution in [1.82, 2.24) is 55.9 Å². The molecule has 2 aromatic heterocycles. The van der Waals surface area contributed by atoms with Gasteiger partial charge in [-0.3, -0.25) is 67.6 Å². The van der Waals surface area contributed by atoms with Crippen molar-refractivity contribution >= 4 is 117 Å². The number of nitrogens with one attached hydrogen (secondary N) is 6. The first-order chi connectivity index (χ1) is 44.6. The zero-order chi connectivity index (χ0) is 68.6.